The van der Waals surface area contributed by atoms with Crippen molar-refractivity contribution in [1.29, 1.82) is 0 Å². The van der Waals surface area contributed by atoms with Gasteiger partial charge in [-0.1, -0.05) is 15.9 Å². The van der Waals surface area contributed by atoms with Crippen LogP contribution in [0.3, 0.4) is 0 Å². The van der Waals surface area contributed by atoms with Crippen molar-refractivity contribution < 1.29 is 13.9 Å². The van der Waals surface area contributed by atoms with E-state index in [9.17, 15) is 0 Å². The summed E-state index contributed by atoms with van der Waals surface area (Å²) in [5.74, 6) is 3.44. The molecular formula is C24H23BrN2O3. The molecule has 2 aliphatic heterocycles. The van der Waals surface area contributed by atoms with Crippen LogP contribution in [0.1, 0.15) is 55.2 Å². The van der Waals surface area contributed by atoms with Gasteiger partial charge >= 0.3 is 0 Å². The van der Waals surface area contributed by atoms with E-state index >= 15 is 0 Å². The highest BCUT2D eigenvalue weighted by molar-refractivity contribution is 9.10. The predicted octanol–water partition coefficient (Wildman–Crippen LogP) is 6.38. The summed E-state index contributed by atoms with van der Waals surface area (Å²) < 4.78 is 19.1. The third-order valence-electron chi connectivity index (χ3n) is 5.31. The topological polar surface area (TPSA) is 47.2 Å². The van der Waals surface area contributed by atoms with E-state index in [1.165, 1.54) is 0 Å². The van der Waals surface area contributed by atoms with Crippen molar-refractivity contribution in [2.75, 3.05) is 0 Å². The van der Waals surface area contributed by atoms with Crippen molar-refractivity contribution in [3.05, 3.63) is 81.7 Å². The lowest BCUT2D eigenvalue weighted by atomic mass is 9.97. The smallest absolute Gasteiger partial charge is 0.213 e. The van der Waals surface area contributed by atoms with Gasteiger partial charge in [0, 0.05) is 22.0 Å². The standard InChI is InChI=1S/C24H23BrN2O3/c1-14(2)28-18-8-5-16(6-9-18)24-27-21(19-12-17(25)7-11-22(19)30-24)13-20(26-27)23-10-4-15(3)29-23/h4-12,14,21,24H,13H2,1-3H3. The monoisotopic (exact) mass is 466 g/mol. The Balaban J connectivity index is 1.53. The summed E-state index contributed by atoms with van der Waals surface area (Å²) >= 11 is 3.59. The molecule has 2 unspecified atom stereocenters. The lowest BCUT2D eigenvalue weighted by Crippen LogP contribution is -2.33. The molecule has 0 saturated carbocycles. The average Bonchev–Trinajstić information content (AvgIpc) is 3.34. The Morgan fingerprint density at radius 1 is 1.10 bits per heavy atom. The number of hydrazone groups is 1. The van der Waals surface area contributed by atoms with E-state index in [1.54, 1.807) is 0 Å². The highest BCUT2D eigenvalue weighted by atomic mass is 79.9. The number of rotatable bonds is 4. The van der Waals surface area contributed by atoms with Crippen LogP contribution in [-0.4, -0.2) is 16.8 Å². The van der Waals surface area contributed by atoms with Crippen LogP contribution in [0.15, 0.2) is 68.6 Å². The van der Waals surface area contributed by atoms with Gasteiger partial charge in [-0.15, -0.1) is 0 Å². The second-order valence-electron chi connectivity index (χ2n) is 7.94. The lowest BCUT2D eigenvalue weighted by molar-refractivity contribution is -0.0191. The van der Waals surface area contributed by atoms with E-state index in [-0.39, 0.29) is 18.4 Å². The number of nitrogens with zero attached hydrogens (tertiary/aromatic N) is 2. The summed E-state index contributed by atoms with van der Waals surface area (Å²) in [6, 6.07) is 18.3. The van der Waals surface area contributed by atoms with E-state index in [1.807, 2.05) is 69.3 Å². The summed E-state index contributed by atoms with van der Waals surface area (Å²) in [6.45, 7) is 5.99. The van der Waals surface area contributed by atoms with E-state index in [2.05, 4.69) is 27.0 Å². The third kappa shape index (κ3) is 3.49. The van der Waals surface area contributed by atoms with Crippen molar-refractivity contribution in [2.45, 2.75) is 45.6 Å². The minimum atomic E-state index is -0.315. The summed E-state index contributed by atoms with van der Waals surface area (Å²) in [7, 11) is 0. The van der Waals surface area contributed by atoms with Crippen molar-refractivity contribution >= 4 is 21.6 Å². The molecule has 2 aromatic carbocycles. The van der Waals surface area contributed by atoms with Gasteiger partial charge in [0.25, 0.3) is 0 Å². The summed E-state index contributed by atoms with van der Waals surface area (Å²) in [5, 5.41) is 6.99. The fraction of sp³-hybridized carbons (Fsp3) is 0.292. The molecule has 154 valence electrons. The van der Waals surface area contributed by atoms with Crippen LogP contribution in [0.2, 0.25) is 0 Å². The molecule has 1 aromatic heterocycles. The maximum absolute atomic E-state index is 6.42. The molecule has 3 heterocycles. The number of hydrogen-bond donors (Lipinski definition) is 0. The molecule has 0 bridgehead atoms. The zero-order chi connectivity index (χ0) is 20.8. The van der Waals surface area contributed by atoms with Gasteiger partial charge in [0.05, 0.1) is 12.1 Å². The van der Waals surface area contributed by atoms with Crippen LogP contribution in [0.25, 0.3) is 0 Å². The number of ether oxygens (including phenoxy) is 2. The van der Waals surface area contributed by atoms with Crippen molar-refractivity contribution in [2.24, 2.45) is 5.10 Å². The fourth-order valence-electron chi connectivity index (χ4n) is 4.00. The normalized spacial score (nSPS) is 19.9. The number of hydrogen-bond acceptors (Lipinski definition) is 5. The first kappa shape index (κ1) is 19.2. The quantitative estimate of drug-likeness (QED) is 0.447. The fourth-order valence-corrected chi connectivity index (χ4v) is 4.38. The molecule has 5 rings (SSSR count). The summed E-state index contributed by atoms with van der Waals surface area (Å²) in [5.41, 5.74) is 3.10. The Bertz CT molecular complexity index is 1100. The van der Waals surface area contributed by atoms with Gasteiger partial charge in [-0.25, -0.2) is 5.01 Å². The number of furan rings is 1. The molecule has 0 N–H and O–H groups in total. The van der Waals surface area contributed by atoms with Crippen molar-refractivity contribution in [3.8, 4) is 11.5 Å². The van der Waals surface area contributed by atoms with Crippen LogP contribution in [-0.2, 0) is 0 Å². The Labute approximate surface area is 184 Å². The lowest BCUT2D eigenvalue weighted by Gasteiger charge is -2.38. The zero-order valence-electron chi connectivity index (χ0n) is 17.1. The maximum Gasteiger partial charge on any atom is 0.213 e. The second-order valence-corrected chi connectivity index (χ2v) is 8.86. The van der Waals surface area contributed by atoms with E-state index in [0.717, 1.165) is 50.8 Å². The van der Waals surface area contributed by atoms with Crippen LogP contribution in [0.4, 0.5) is 0 Å². The Kier molecular flexibility index (Phi) is 4.82. The highest BCUT2D eigenvalue weighted by Gasteiger charge is 2.41. The molecule has 0 aliphatic carbocycles. The molecule has 0 amide bonds. The number of fused-ring (bicyclic) bond motifs is 3. The molecule has 5 nitrogen and oxygen atoms in total. The minimum Gasteiger partial charge on any atom is -0.491 e. The Morgan fingerprint density at radius 2 is 1.90 bits per heavy atom. The molecule has 6 heteroatoms. The molecule has 0 radical (unpaired) electrons. The molecular weight excluding hydrogens is 444 g/mol. The largest absolute Gasteiger partial charge is 0.491 e. The van der Waals surface area contributed by atoms with Crippen molar-refractivity contribution in [1.82, 2.24) is 5.01 Å². The first-order chi connectivity index (χ1) is 14.5. The van der Waals surface area contributed by atoms with Gasteiger partial charge < -0.3 is 13.9 Å². The van der Waals surface area contributed by atoms with Gasteiger partial charge in [0.15, 0.2) is 0 Å². The molecule has 0 saturated heterocycles. The van der Waals surface area contributed by atoms with Gasteiger partial charge in [-0.05, 0) is 75.4 Å². The van der Waals surface area contributed by atoms with Gasteiger partial charge in [0.1, 0.15) is 28.7 Å². The van der Waals surface area contributed by atoms with E-state index in [4.69, 9.17) is 19.0 Å². The Morgan fingerprint density at radius 3 is 2.60 bits per heavy atom. The first-order valence-corrected chi connectivity index (χ1v) is 10.9. The zero-order valence-corrected chi connectivity index (χ0v) is 18.7. The predicted molar refractivity (Wildman–Crippen MR) is 119 cm³/mol. The second kappa shape index (κ2) is 7.51. The van der Waals surface area contributed by atoms with E-state index < -0.39 is 0 Å². The molecule has 0 fully saturated rings. The molecule has 30 heavy (non-hydrogen) atoms. The molecule has 2 aliphatic rings. The van der Waals surface area contributed by atoms with Crippen LogP contribution in [0, 0.1) is 6.92 Å². The van der Waals surface area contributed by atoms with E-state index in [0.29, 0.717) is 0 Å². The van der Waals surface area contributed by atoms with Gasteiger partial charge in [0.2, 0.25) is 6.23 Å². The SMILES string of the molecule is Cc1ccc(C2=NN3C(C2)c2cc(Br)ccc2OC3c2ccc(OC(C)C)cc2)o1. The van der Waals surface area contributed by atoms with Crippen LogP contribution in [0.5, 0.6) is 11.5 Å². The Hall–Kier alpha value is -2.73. The summed E-state index contributed by atoms with van der Waals surface area (Å²) in [4.78, 5) is 0. The van der Waals surface area contributed by atoms with Gasteiger partial charge in [-0.2, -0.15) is 5.10 Å². The maximum atomic E-state index is 6.42. The number of halogens is 1. The van der Waals surface area contributed by atoms with Gasteiger partial charge in [-0.3, -0.25) is 0 Å². The average molecular weight is 467 g/mol. The van der Waals surface area contributed by atoms with Crippen LogP contribution >= 0.6 is 15.9 Å². The van der Waals surface area contributed by atoms with Crippen LogP contribution < -0.4 is 9.47 Å². The first-order valence-electron chi connectivity index (χ1n) is 10.1. The van der Waals surface area contributed by atoms with Crippen molar-refractivity contribution in [3.63, 3.8) is 0 Å². The molecule has 2 atom stereocenters. The molecule has 3 aromatic rings. The number of aryl methyl sites for hydroxylation is 1. The molecule has 0 spiro atoms. The number of benzene rings is 2. The third-order valence-corrected chi connectivity index (χ3v) is 5.81. The highest BCUT2D eigenvalue weighted by Crippen LogP contribution is 2.48. The summed E-state index contributed by atoms with van der Waals surface area (Å²) in [6.07, 6.45) is 0.592. The minimum absolute atomic E-state index is 0.0863.